The van der Waals surface area contributed by atoms with Crippen molar-refractivity contribution >= 4 is 17.5 Å². The van der Waals surface area contributed by atoms with Crippen LogP contribution in [0.25, 0.3) is 11.4 Å². The summed E-state index contributed by atoms with van der Waals surface area (Å²) in [4.78, 5) is 16.4. The molecule has 6 heteroatoms. The molecule has 0 fully saturated rings. The van der Waals surface area contributed by atoms with Crippen molar-refractivity contribution in [3.8, 4) is 11.4 Å². The highest BCUT2D eigenvalue weighted by Crippen LogP contribution is 2.20. The van der Waals surface area contributed by atoms with E-state index in [1.165, 1.54) is 0 Å². The van der Waals surface area contributed by atoms with Crippen LogP contribution in [0.2, 0.25) is 5.02 Å². The second-order valence-corrected chi connectivity index (χ2v) is 6.16. The van der Waals surface area contributed by atoms with Crippen molar-refractivity contribution < 1.29 is 9.32 Å². The Labute approximate surface area is 151 Å². The zero-order valence-electron chi connectivity index (χ0n) is 13.8. The van der Waals surface area contributed by atoms with Crippen LogP contribution in [-0.4, -0.2) is 16.0 Å². The van der Waals surface area contributed by atoms with E-state index in [0.29, 0.717) is 23.2 Å². The van der Waals surface area contributed by atoms with Gasteiger partial charge in [-0.15, -0.1) is 0 Å². The van der Waals surface area contributed by atoms with Gasteiger partial charge in [-0.05, 0) is 24.6 Å². The SMILES string of the molecule is C[C@H](NC(=O)CCc1nc(-c2cccc(Cl)c2)no1)c1ccccc1. The van der Waals surface area contributed by atoms with E-state index in [9.17, 15) is 4.79 Å². The summed E-state index contributed by atoms with van der Waals surface area (Å²) in [5.41, 5.74) is 1.85. The molecule has 5 nitrogen and oxygen atoms in total. The highest BCUT2D eigenvalue weighted by molar-refractivity contribution is 6.30. The molecule has 0 saturated heterocycles. The summed E-state index contributed by atoms with van der Waals surface area (Å²) in [5.74, 6) is 0.840. The maximum absolute atomic E-state index is 12.1. The number of benzene rings is 2. The van der Waals surface area contributed by atoms with E-state index in [2.05, 4.69) is 15.5 Å². The summed E-state index contributed by atoms with van der Waals surface area (Å²) >= 11 is 5.96. The summed E-state index contributed by atoms with van der Waals surface area (Å²) in [7, 11) is 0. The molecule has 1 amide bonds. The van der Waals surface area contributed by atoms with Gasteiger partial charge in [-0.3, -0.25) is 4.79 Å². The second-order valence-electron chi connectivity index (χ2n) is 5.72. The molecule has 3 aromatic rings. The highest BCUT2D eigenvalue weighted by atomic mass is 35.5. The Morgan fingerprint density at radius 2 is 2.00 bits per heavy atom. The van der Waals surface area contributed by atoms with Crippen LogP contribution >= 0.6 is 11.6 Å². The van der Waals surface area contributed by atoms with Gasteiger partial charge in [0.1, 0.15) is 0 Å². The van der Waals surface area contributed by atoms with Gasteiger partial charge in [0.15, 0.2) is 0 Å². The normalized spacial score (nSPS) is 11.9. The van der Waals surface area contributed by atoms with E-state index < -0.39 is 0 Å². The number of halogens is 1. The fraction of sp³-hybridized carbons (Fsp3) is 0.211. The number of aryl methyl sites for hydroxylation is 1. The maximum Gasteiger partial charge on any atom is 0.227 e. The molecular weight excluding hydrogens is 338 g/mol. The summed E-state index contributed by atoms with van der Waals surface area (Å²) < 4.78 is 5.21. The Hall–Kier alpha value is -2.66. The lowest BCUT2D eigenvalue weighted by molar-refractivity contribution is -0.121. The fourth-order valence-corrected chi connectivity index (χ4v) is 2.65. The molecule has 0 aliphatic carbocycles. The summed E-state index contributed by atoms with van der Waals surface area (Å²) in [6.07, 6.45) is 0.676. The number of amides is 1. The second kappa shape index (κ2) is 7.94. The van der Waals surface area contributed by atoms with Crippen molar-refractivity contribution in [1.82, 2.24) is 15.5 Å². The van der Waals surface area contributed by atoms with Gasteiger partial charge in [0.05, 0.1) is 6.04 Å². The van der Waals surface area contributed by atoms with Gasteiger partial charge in [0, 0.05) is 23.4 Å². The number of rotatable bonds is 6. The largest absolute Gasteiger partial charge is 0.350 e. The fourth-order valence-electron chi connectivity index (χ4n) is 2.46. The first-order valence-corrected chi connectivity index (χ1v) is 8.42. The number of carbonyl (C=O) groups is 1. The Morgan fingerprint density at radius 1 is 1.20 bits per heavy atom. The number of hydrogen-bond donors (Lipinski definition) is 1. The summed E-state index contributed by atoms with van der Waals surface area (Å²) in [5, 5.41) is 7.51. The Morgan fingerprint density at radius 3 is 2.76 bits per heavy atom. The van der Waals surface area contributed by atoms with Crippen LogP contribution in [0.1, 0.15) is 30.8 Å². The van der Waals surface area contributed by atoms with Gasteiger partial charge in [0.25, 0.3) is 0 Å². The molecule has 1 heterocycles. The van der Waals surface area contributed by atoms with Crippen LogP contribution in [0.15, 0.2) is 59.1 Å². The first kappa shape index (κ1) is 17.2. The Balaban J connectivity index is 1.54. The van der Waals surface area contributed by atoms with Crippen LogP contribution in [0.5, 0.6) is 0 Å². The molecular formula is C19H18ClN3O2. The molecule has 1 aromatic heterocycles. The number of aromatic nitrogens is 2. The first-order valence-electron chi connectivity index (χ1n) is 8.04. The van der Waals surface area contributed by atoms with Gasteiger partial charge in [-0.2, -0.15) is 4.98 Å². The Kier molecular flexibility index (Phi) is 5.46. The maximum atomic E-state index is 12.1. The van der Waals surface area contributed by atoms with Crippen LogP contribution in [-0.2, 0) is 11.2 Å². The average molecular weight is 356 g/mol. The van der Waals surface area contributed by atoms with Crippen molar-refractivity contribution in [2.24, 2.45) is 0 Å². The highest BCUT2D eigenvalue weighted by Gasteiger charge is 2.13. The van der Waals surface area contributed by atoms with Gasteiger partial charge in [-0.1, -0.05) is 59.2 Å². The van der Waals surface area contributed by atoms with Gasteiger partial charge in [0.2, 0.25) is 17.6 Å². The monoisotopic (exact) mass is 355 g/mol. The van der Waals surface area contributed by atoms with Gasteiger partial charge >= 0.3 is 0 Å². The molecule has 3 rings (SSSR count). The first-order chi connectivity index (χ1) is 12.1. The zero-order chi connectivity index (χ0) is 17.6. The van der Waals surface area contributed by atoms with E-state index in [-0.39, 0.29) is 18.4 Å². The van der Waals surface area contributed by atoms with Crippen molar-refractivity contribution in [1.29, 1.82) is 0 Å². The minimum atomic E-state index is -0.0566. The topological polar surface area (TPSA) is 68.0 Å². The molecule has 2 aromatic carbocycles. The number of nitrogens with one attached hydrogen (secondary N) is 1. The van der Waals surface area contributed by atoms with E-state index >= 15 is 0 Å². The van der Waals surface area contributed by atoms with Crippen LogP contribution in [0, 0.1) is 0 Å². The van der Waals surface area contributed by atoms with E-state index in [1.807, 2.05) is 49.4 Å². The van der Waals surface area contributed by atoms with Gasteiger partial charge in [-0.25, -0.2) is 0 Å². The number of carbonyl (C=O) groups excluding carboxylic acids is 1. The molecule has 0 aliphatic heterocycles. The lowest BCUT2D eigenvalue weighted by atomic mass is 10.1. The standard InChI is InChI=1S/C19H18ClN3O2/c1-13(14-6-3-2-4-7-14)21-17(24)10-11-18-22-19(23-25-18)15-8-5-9-16(20)12-15/h2-9,12-13H,10-11H2,1H3,(H,21,24)/t13-/m0/s1. The van der Waals surface area contributed by atoms with E-state index in [4.69, 9.17) is 16.1 Å². The van der Waals surface area contributed by atoms with E-state index in [0.717, 1.165) is 11.1 Å². The lowest BCUT2D eigenvalue weighted by Gasteiger charge is -2.13. The number of hydrogen-bond acceptors (Lipinski definition) is 4. The minimum Gasteiger partial charge on any atom is -0.350 e. The predicted octanol–water partition coefficient (Wildman–Crippen LogP) is 4.20. The van der Waals surface area contributed by atoms with E-state index in [1.54, 1.807) is 12.1 Å². The molecule has 0 bridgehead atoms. The van der Waals surface area contributed by atoms with Gasteiger partial charge < -0.3 is 9.84 Å². The van der Waals surface area contributed by atoms with Crippen molar-refractivity contribution in [3.63, 3.8) is 0 Å². The minimum absolute atomic E-state index is 0.0431. The van der Waals surface area contributed by atoms with Crippen LogP contribution < -0.4 is 5.32 Å². The third kappa shape index (κ3) is 4.67. The molecule has 0 saturated carbocycles. The van der Waals surface area contributed by atoms with Crippen LogP contribution in [0.4, 0.5) is 0 Å². The third-order valence-corrected chi connectivity index (χ3v) is 4.03. The molecule has 0 spiro atoms. The molecule has 0 radical (unpaired) electrons. The molecule has 0 unspecified atom stereocenters. The Bertz CT molecular complexity index is 849. The van der Waals surface area contributed by atoms with Crippen molar-refractivity contribution in [3.05, 3.63) is 71.1 Å². The molecule has 25 heavy (non-hydrogen) atoms. The molecule has 1 N–H and O–H groups in total. The molecule has 1 atom stereocenters. The lowest BCUT2D eigenvalue weighted by Crippen LogP contribution is -2.26. The molecule has 0 aliphatic rings. The predicted molar refractivity (Wildman–Crippen MR) is 96.1 cm³/mol. The third-order valence-electron chi connectivity index (χ3n) is 3.79. The summed E-state index contributed by atoms with van der Waals surface area (Å²) in [6, 6.07) is 17.0. The summed E-state index contributed by atoms with van der Waals surface area (Å²) in [6.45, 7) is 1.96. The number of nitrogens with zero attached hydrogens (tertiary/aromatic N) is 2. The zero-order valence-corrected chi connectivity index (χ0v) is 14.5. The van der Waals surface area contributed by atoms with Crippen LogP contribution in [0.3, 0.4) is 0 Å². The average Bonchev–Trinajstić information content (AvgIpc) is 3.10. The smallest absolute Gasteiger partial charge is 0.227 e. The van der Waals surface area contributed by atoms with Crippen molar-refractivity contribution in [2.75, 3.05) is 0 Å². The quantitative estimate of drug-likeness (QED) is 0.719. The molecule has 128 valence electrons. The van der Waals surface area contributed by atoms with Crippen molar-refractivity contribution in [2.45, 2.75) is 25.8 Å².